The summed E-state index contributed by atoms with van der Waals surface area (Å²) in [6.07, 6.45) is 8.51. The molecule has 4 nitrogen and oxygen atoms in total. The maximum Gasteiger partial charge on any atom is 0.148 e. The number of aliphatic imine (C=N–C) groups is 1. The SMILES string of the molecule is C1=CC2=NC(c3ccccc3)N(c3ccc(-n4c5ccccc5c5cc6c(nc54)sc4ccccc46)cc3)C2C=C1. The summed E-state index contributed by atoms with van der Waals surface area (Å²) in [5, 5.41) is 4.90. The largest absolute Gasteiger partial charge is 0.334 e. The summed E-state index contributed by atoms with van der Waals surface area (Å²) in [6, 6.07) is 39.2. The lowest BCUT2D eigenvalue weighted by Crippen LogP contribution is -2.35. The van der Waals surface area contributed by atoms with Crippen LogP contribution in [0.15, 0.2) is 138 Å². The highest BCUT2D eigenvalue weighted by Gasteiger charge is 2.35. The molecule has 2 unspecified atom stereocenters. The smallest absolute Gasteiger partial charge is 0.148 e. The lowest BCUT2D eigenvalue weighted by atomic mass is 10.0. The normalized spacial score (nSPS) is 18.1. The first-order valence-electron chi connectivity index (χ1n) is 13.9. The van der Waals surface area contributed by atoms with E-state index in [2.05, 4.69) is 143 Å². The molecular formula is C36H24N4S. The van der Waals surface area contributed by atoms with E-state index in [0.717, 1.165) is 27.6 Å². The van der Waals surface area contributed by atoms with Crippen LogP contribution >= 0.6 is 11.3 Å². The molecule has 9 rings (SSSR count). The monoisotopic (exact) mass is 544 g/mol. The summed E-state index contributed by atoms with van der Waals surface area (Å²) in [5.74, 6) is 0. The first-order valence-corrected chi connectivity index (χ1v) is 14.7. The highest BCUT2D eigenvalue weighted by atomic mass is 32.1. The molecule has 2 atom stereocenters. The second-order valence-corrected chi connectivity index (χ2v) is 11.6. The standard InChI is InChI=1S/C36H24N4S/c1-2-10-23(11-3-1)34-37-30-14-6-8-16-32(30)40(34)25-20-18-24(19-21-25)39-31-15-7-4-12-26(31)28-22-29-27-13-5-9-17-33(27)41-36(29)38-35(28)39/h1-22,32,34H. The molecule has 4 aromatic carbocycles. The molecule has 0 bridgehead atoms. The van der Waals surface area contributed by atoms with Crippen molar-refractivity contribution >= 4 is 65.0 Å². The van der Waals surface area contributed by atoms with Crippen LogP contribution in [0.2, 0.25) is 0 Å². The number of pyridine rings is 1. The molecule has 41 heavy (non-hydrogen) atoms. The van der Waals surface area contributed by atoms with E-state index in [1.807, 2.05) is 0 Å². The Morgan fingerprint density at radius 1 is 0.659 bits per heavy atom. The molecule has 0 radical (unpaired) electrons. The van der Waals surface area contributed by atoms with Gasteiger partial charge in [-0.25, -0.2) is 4.98 Å². The topological polar surface area (TPSA) is 33.4 Å². The number of para-hydroxylation sites is 1. The fourth-order valence-corrected chi connectivity index (χ4v) is 7.50. The highest BCUT2D eigenvalue weighted by molar-refractivity contribution is 7.25. The minimum atomic E-state index is -0.0643. The number of benzene rings is 4. The van der Waals surface area contributed by atoms with Crippen LogP contribution in [-0.2, 0) is 0 Å². The van der Waals surface area contributed by atoms with Gasteiger partial charge in [0.15, 0.2) is 0 Å². The van der Waals surface area contributed by atoms with Crippen molar-refractivity contribution < 1.29 is 0 Å². The molecule has 194 valence electrons. The van der Waals surface area contributed by atoms with Gasteiger partial charge in [0.25, 0.3) is 0 Å². The minimum absolute atomic E-state index is 0.0643. The summed E-state index contributed by atoms with van der Waals surface area (Å²) in [6.45, 7) is 0. The third kappa shape index (κ3) is 3.39. The number of fused-ring (bicyclic) bond motifs is 7. The molecule has 7 aromatic rings. The number of nitrogens with zero attached hydrogens (tertiary/aromatic N) is 4. The summed E-state index contributed by atoms with van der Waals surface area (Å²) in [5.41, 5.74) is 6.70. The molecular weight excluding hydrogens is 520 g/mol. The van der Waals surface area contributed by atoms with E-state index < -0.39 is 0 Å². The van der Waals surface area contributed by atoms with Gasteiger partial charge in [0.1, 0.15) is 16.6 Å². The summed E-state index contributed by atoms with van der Waals surface area (Å²) >= 11 is 1.76. The van der Waals surface area contributed by atoms with E-state index in [1.165, 1.54) is 37.3 Å². The van der Waals surface area contributed by atoms with Gasteiger partial charge in [0.05, 0.1) is 17.3 Å². The molecule has 2 aliphatic rings. The number of hydrogen-bond acceptors (Lipinski definition) is 4. The van der Waals surface area contributed by atoms with Crippen molar-refractivity contribution in [2.24, 2.45) is 4.99 Å². The van der Waals surface area contributed by atoms with Crippen molar-refractivity contribution in [3.63, 3.8) is 0 Å². The lowest BCUT2D eigenvalue weighted by molar-refractivity contribution is 0.696. The van der Waals surface area contributed by atoms with Gasteiger partial charge in [-0.15, -0.1) is 11.3 Å². The van der Waals surface area contributed by atoms with Crippen molar-refractivity contribution in [1.29, 1.82) is 0 Å². The van der Waals surface area contributed by atoms with Gasteiger partial charge in [-0.2, -0.15) is 0 Å². The average molecular weight is 545 g/mol. The molecule has 0 fully saturated rings. The zero-order chi connectivity index (χ0) is 26.9. The predicted octanol–water partition coefficient (Wildman–Crippen LogP) is 9.00. The second-order valence-electron chi connectivity index (χ2n) is 10.6. The van der Waals surface area contributed by atoms with Gasteiger partial charge in [0, 0.05) is 37.6 Å². The van der Waals surface area contributed by atoms with Gasteiger partial charge in [-0.3, -0.25) is 9.56 Å². The van der Waals surface area contributed by atoms with Crippen LogP contribution < -0.4 is 4.90 Å². The van der Waals surface area contributed by atoms with Crippen molar-refractivity contribution in [2.45, 2.75) is 12.2 Å². The Morgan fingerprint density at radius 3 is 2.29 bits per heavy atom. The van der Waals surface area contributed by atoms with Gasteiger partial charge in [-0.1, -0.05) is 85.0 Å². The number of aromatic nitrogens is 2. The van der Waals surface area contributed by atoms with Crippen molar-refractivity contribution in [3.8, 4) is 5.69 Å². The van der Waals surface area contributed by atoms with Gasteiger partial charge >= 0.3 is 0 Å². The molecule has 4 heterocycles. The molecule has 5 heteroatoms. The fraction of sp³-hybridized carbons (Fsp3) is 0.0556. The zero-order valence-corrected chi connectivity index (χ0v) is 22.9. The third-order valence-corrected chi connectivity index (χ3v) is 9.39. The summed E-state index contributed by atoms with van der Waals surface area (Å²) < 4.78 is 3.58. The van der Waals surface area contributed by atoms with Crippen LogP contribution in [0.3, 0.4) is 0 Å². The Balaban J connectivity index is 1.20. The van der Waals surface area contributed by atoms with Crippen LogP contribution in [0.1, 0.15) is 11.7 Å². The van der Waals surface area contributed by atoms with Gasteiger partial charge in [0.2, 0.25) is 0 Å². The molecule has 3 aromatic heterocycles. The number of hydrogen-bond donors (Lipinski definition) is 0. The molecule has 0 spiro atoms. The van der Waals surface area contributed by atoms with E-state index in [-0.39, 0.29) is 12.2 Å². The van der Waals surface area contributed by atoms with Crippen LogP contribution in [0.4, 0.5) is 5.69 Å². The predicted molar refractivity (Wildman–Crippen MR) is 173 cm³/mol. The number of anilines is 1. The van der Waals surface area contributed by atoms with Crippen LogP contribution in [-0.4, -0.2) is 21.3 Å². The van der Waals surface area contributed by atoms with Crippen molar-refractivity contribution in [1.82, 2.24) is 9.55 Å². The van der Waals surface area contributed by atoms with Crippen LogP contribution in [0.25, 0.3) is 47.9 Å². The van der Waals surface area contributed by atoms with Crippen molar-refractivity contribution in [2.75, 3.05) is 4.90 Å². The quantitative estimate of drug-likeness (QED) is 0.222. The second kappa shape index (κ2) is 8.75. The Bertz CT molecular complexity index is 2220. The molecule has 0 saturated carbocycles. The Kier molecular flexibility index (Phi) is 4.86. The van der Waals surface area contributed by atoms with E-state index in [4.69, 9.17) is 9.98 Å². The Labute approximate surface area is 240 Å². The van der Waals surface area contributed by atoms with Crippen LogP contribution in [0, 0.1) is 0 Å². The van der Waals surface area contributed by atoms with Crippen molar-refractivity contribution in [3.05, 3.63) is 139 Å². The summed E-state index contributed by atoms with van der Waals surface area (Å²) in [4.78, 5) is 13.9. The van der Waals surface area contributed by atoms with Crippen LogP contribution in [0.5, 0.6) is 0 Å². The molecule has 0 saturated heterocycles. The van der Waals surface area contributed by atoms with E-state index >= 15 is 0 Å². The zero-order valence-electron chi connectivity index (χ0n) is 22.1. The number of allylic oxidation sites excluding steroid dienone is 2. The average Bonchev–Trinajstić information content (AvgIpc) is 3.70. The third-order valence-electron chi connectivity index (χ3n) is 8.31. The molecule has 1 aliphatic heterocycles. The van der Waals surface area contributed by atoms with E-state index in [0.29, 0.717) is 0 Å². The lowest BCUT2D eigenvalue weighted by Gasteiger charge is -2.31. The fourth-order valence-electron chi connectivity index (χ4n) is 6.45. The Morgan fingerprint density at radius 2 is 1.41 bits per heavy atom. The molecule has 0 amide bonds. The molecule has 1 aliphatic carbocycles. The first kappa shape index (κ1) is 22.8. The first-order chi connectivity index (χ1) is 20.3. The summed E-state index contributed by atoms with van der Waals surface area (Å²) in [7, 11) is 0. The van der Waals surface area contributed by atoms with Gasteiger partial charge < -0.3 is 4.90 Å². The maximum atomic E-state index is 5.27. The molecule has 0 N–H and O–H groups in total. The Hall–Kier alpha value is -5.00. The highest BCUT2D eigenvalue weighted by Crippen LogP contribution is 2.40. The number of rotatable bonds is 3. The maximum absolute atomic E-state index is 5.27. The van der Waals surface area contributed by atoms with Gasteiger partial charge in [-0.05, 0) is 54.1 Å². The number of thiophene rings is 1. The minimum Gasteiger partial charge on any atom is -0.334 e. The van der Waals surface area contributed by atoms with E-state index in [1.54, 1.807) is 11.3 Å². The van der Waals surface area contributed by atoms with E-state index in [9.17, 15) is 0 Å².